The standard InChI is InChI=1S/C9H17NO2S/c1-7-10(5-6-13-7)8(11)12-9(2,3)4/h7H,5-6H2,1-4H3. The van der Waals surface area contributed by atoms with Gasteiger partial charge in [-0.3, -0.25) is 4.90 Å². The van der Waals surface area contributed by atoms with Gasteiger partial charge in [0.15, 0.2) is 0 Å². The van der Waals surface area contributed by atoms with Crippen molar-refractivity contribution in [3.8, 4) is 0 Å². The Hall–Kier alpha value is -0.380. The zero-order valence-electron chi connectivity index (χ0n) is 8.66. The van der Waals surface area contributed by atoms with Crippen LogP contribution >= 0.6 is 11.8 Å². The Bertz CT molecular complexity index is 200. The molecule has 1 aliphatic heterocycles. The molecule has 13 heavy (non-hydrogen) atoms. The van der Waals surface area contributed by atoms with Crippen molar-refractivity contribution >= 4 is 17.9 Å². The van der Waals surface area contributed by atoms with E-state index in [1.807, 2.05) is 27.7 Å². The van der Waals surface area contributed by atoms with E-state index in [0.717, 1.165) is 12.3 Å². The van der Waals surface area contributed by atoms with Gasteiger partial charge in [-0.15, -0.1) is 11.8 Å². The molecule has 0 aromatic rings. The van der Waals surface area contributed by atoms with Gasteiger partial charge in [-0.1, -0.05) is 0 Å². The lowest BCUT2D eigenvalue weighted by Crippen LogP contribution is -2.38. The van der Waals surface area contributed by atoms with Crippen molar-refractivity contribution in [3.63, 3.8) is 0 Å². The third-order valence-corrected chi connectivity index (χ3v) is 2.91. The van der Waals surface area contributed by atoms with Crippen LogP contribution in [-0.2, 0) is 4.74 Å². The Morgan fingerprint density at radius 1 is 1.54 bits per heavy atom. The molecule has 4 heteroatoms. The second-order valence-electron chi connectivity index (χ2n) is 4.14. The van der Waals surface area contributed by atoms with E-state index in [0.29, 0.717) is 0 Å². The molecule has 0 aliphatic carbocycles. The van der Waals surface area contributed by atoms with Crippen LogP contribution in [0.1, 0.15) is 27.7 Å². The van der Waals surface area contributed by atoms with Crippen LogP contribution in [0.4, 0.5) is 4.79 Å². The fourth-order valence-corrected chi connectivity index (χ4v) is 2.17. The number of ether oxygens (including phenoxy) is 1. The topological polar surface area (TPSA) is 29.5 Å². The Labute approximate surface area is 83.8 Å². The smallest absolute Gasteiger partial charge is 0.411 e. The first-order valence-electron chi connectivity index (χ1n) is 4.51. The third kappa shape index (κ3) is 3.10. The van der Waals surface area contributed by atoms with Crippen molar-refractivity contribution in [2.75, 3.05) is 12.3 Å². The maximum atomic E-state index is 11.6. The Morgan fingerprint density at radius 3 is 2.54 bits per heavy atom. The molecule has 1 atom stereocenters. The second kappa shape index (κ2) is 3.78. The number of thioether (sulfide) groups is 1. The van der Waals surface area contributed by atoms with Crippen LogP contribution in [0.25, 0.3) is 0 Å². The van der Waals surface area contributed by atoms with E-state index in [4.69, 9.17) is 4.74 Å². The van der Waals surface area contributed by atoms with Crippen LogP contribution in [0.15, 0.2) is 0 Å². The summed E-state index contributed by atoms with van der Waals surface area (Å²) in [5.74, 6) is 1.01. The van der Waals surface area contributed by atoms with E-state index < -0.39 is 0 Å². The van der Waals surface area contributed by atoms with Gasteiger partial charge in [0.05, 0.1) is 5.37 Å². The third-order valence-electron chi connectivity index (χ3n) is 1.76. The number of carbonyl (C=O) groups excluding carboxylic acids is 1. The van der Waals surface area contributed by atoms with Crippen molar-refractivity contribution in [2.24, 2.45) is 0 Å². The highest BCUT2D eigenvalue weighted by molar-refractivity contribution is 8.00. The van der Waals surface area contributed by atoms with Gasteiger partial charge < -0.3 is 4.74 Å². The van der Waals surface area contributed by atoms with Gasteiger partial charge >= 0.3 is 6.09 Å². The summed E-state index contributed by atoms with van der Waals surface area (Å²) in [6.45, 7) is 8.50. The van der Waals surface area contributed by atoms with Crippen LogP contribution in [0.2, 0.25) is 0 Å². The van der Waals surface area contributed by atoms with E-state index >= 15 is 0 Å². The highest BCUT2D eigenvalue weighted by Gasteiger charge is 2.29. The lowest BCUT2D eigenvalue weighted by molar-refractivity contribution is 0.0264. The number of amides is 1. The molecule has 1 heterocycles. The summed E-state index contributed by atoms with van der Waals surface area (Å²) in [6, 6.07) is 0. The normalized spacial score (nSPS) is 23.4. The summed E-state index contributed by atoms with van der Waals surface area (Å²) in [6.07, 6.45) is -0.190. The molecule has 0 N–H and O–H groups in total. The summed E-state index contributed by atoms with van der Waals surface area (Å²) in [5.41, 5.74) is -0.385. The van der Waals surface area contributed by atoms with Crippen LogP contribution < -0.4 is 0 Å². The van der Waals surface area contributed by atoms with E-state index in [1.54, 1.807) is 16.7 Å². The van der Waals surface area contributed by atoms with Gasteiger partial charge in [0.1, 0.15) is 5.60 Å². The highest BCUT2D eigenvalue weighted by atomic mass is 32.2. The molecule has 0 aromatic carbocycles. The molecule has 1 fully saturated rings. The fraction of sp³-hybridized carbons (Fsp3) is 0.889. The molecule has 3 nitrogen and oxygen atoms in total. The van der Waals surface area contributed by atoms with E-state index in [2.05, 4.69) is 0 Å². The van der Waals surface area contributed by atoms with Crippen molar-refractivity contribution < 1.29 is 9.53 Å². The molecule has 1 rings (SSSR count). The fourth-order valence-electron chi connectivity index (χ4n) is 1.15. The minimum Gasteiger partial charge on any atom is -0.444 e. The first kappa shape index (κ1) is 10.7. The van der Waals surface area contributed by atoms with Crippen molar-refractivity contribution in [2.45, 2.75) is 38.7 Å². The van der Waals surface area contributed by atoms with Gasteiger partial charge in [0, 0.05) is 12.3 Å². The minimum absolute atomic E-state index is 0.190. The SMILES string of the molecule is CC1SCCN1C(=O)OC(C)(C)C. The zero-order valence-corrected chi connectivity index (χ0v) is 9.48. The summed E-state index contributed by atoms with van der Waals surface area (Å²) in [7, 11) is 0. The zero-order chi connectivity index (χ0) is 10.1. The largest absolute Gasteiger partial charge is 0.444 e. The summed E-state index contributed by atoms with van der Waals surface area (Å²) >= 11 is 1.78. The number of hydrogen-bond acceptors (Lipinski definition) is 3. The lowest BCUT2D eigenvalue weighted by Gasteiger charge is -2.26. The van der Waals surface area contributed by atoms with Gasteiger partial charge in [-0.2, -0.15) is 0 Å². The van der Waals surface area contributed by atoms with Crippen LogP contribution in [0, 0.1) is 0 Å². The molecule has 0 spiro atoms. The molecule has 1 unspecified atom stereocenters. The minimum atomic E-state index is -0.385. The average molecular weight is 203 g/mol. The molecule has 1 amide bonds. The average Bonchev–Trinajstić information content (AvgIpc) is 2.30. The monoisotopic (exact) mass is 203 g/mol. The number of nitrogens with zero attached hydrogens (tertiary/aromatic N) is 1. The number of carbonyl (C=O) groups is 1. The molecule has 0 aromatic heterocycles. The molecule has 0 bridgehead atoms. The summed E-state index contributed by atoms with van der Waals surface area (Å²) in [4.78, 5) is 13.3. The van der Waals surface area contributed by atoms with Crippen LogP contribution in [0.5, 0.6) is 0 Å². The van der Waals surface area contributed by atoms with Gasteiger partial charge in [-0.05, 0) is 27.7 Å². The quantitative estimate of drug-likeness (QED) is 0.605. The lowest BCUT2D eigenvalue weighted by atomic mass is 10.2. The summed E-state index contributed by atoms with van der Waals surface area (Å²) < 4.78 is 5.27. The van der Waals surface area contributed by atoms with E-state index in [9.17, 15) is 4.79 Å². The maximum Gasteiger partial charge on any atom is 0.411 e. The molecular weight excluding hydrogens is 186 g/mol. The Kier molecular flexibility index (Phi) is 3.11. The predicted molar refractivity (Wildman–Crippen MR) is 54.9 cm³/mol. The van der Waals surface area contributed by atoms with Crippen LogP contribution in [0.3, 0.4) is 0 Å². The van der Waals surface area contributed by atoms with Gasteiger partial charge in [0.25, 0.3) is 0 Å². The molecule has 0 saturated carbocycles. The first-order chi connectivity index (χ1) is 5.90. The number of rotatable bonds is 0. The molecule has 1 saturated heterocycles. The van der Waals surface area contributed by atoms with Crippen LogP contribution in [-0.4, -0.2) is 34.3 Å². The molecular formula is C9H17NO2S. The first-order valence-corrected chi connectivity index (χ1v) is 5.56. The summed E-state index contributed by atoms with van der Waals surface area (Å²) in [5, 5.41) is 0.259. The van der Waals surface area contributed by atoms with Crippen molar-refractivity contribution in [1.82, 2.24) is 4.90 Å². The molecule has 76 valence electrons. The van der Waals surface area contributed by atoms with E-state index in [1.165, 1.54) is 0 Å². The Balaban J connectivity index is 2.48. The van der Waals surface area contributed by atoms with E-state index in [-0.39, 0.29) is 17.1 Å². The predicted octanol–water partition coefficient (Wildman–Crippen LogP) is 2.32. The van der Waals surface area contributed by atoms with Gasteiger partial charge in [-0.25, -0.2) is 4.79 Å². The maximum absolute atomic E-state index is 11.6. The molecule has 1 aliphatic rings. The van der Waals surface area contributed by atoms with Crippen molar-refractivity contribution in [3.05, 3.63) is 0 Å². The highest BCUT2D eigenvalue weighted by Crippen LogP contribution is 2.24. The van der Waals surface area contributed by atoms with Crippen molar-refractivity contribution in [1.29, 1.82) is 0 Å². The Morgan fingerprint density at radius 2 is 2.15 bits per heavy atom. The van der Waals surface area contributed by atoms with Gasteiger partial charge in [0.2, 0.25) is 0 Å². The second-order valence-corrected chi connectivity index (χ2v) is 5.57. The molecule has 0 radical (unpaired) electrons. The number of hydrogen-bond donors (Lipinski definition) is 0.